The highest BCUT2D eigenvalue weighted by molar-refractivity contribution is 5.79. The Labute approximate surface area is 160 Å². The smallest absolute Gasteiger partial charge is 0.191 e. The summed E-state index contributed by atoms with van der Waals surface area (Å²) in [4.78, 5) is 4.59. The molecule has 0 fully saturated rings. The van der Waals surface area contributed by atoms with Crippen LogP contribution in [-0.2, 0) is 12.1 Å². The molecular weight excluding hydrogens is 346 g/mol. The van der Waals surface area contributed by atoms with Crippen LogP contribution < -0.4 is 20.1 Å². The van der Waals surface area contributed by atoms with Crippen molar-refractivity contribution in [3.05, 3.63) is 47.4 Å². The topological polar surface area (TPSA) is 88.3 Å². The molecule has 2 rings (SSSR count). The molecule has 1 heterocycles. The van der Waals surface area contributed by atoms with E-state index in [1.807, 2.05) is 38.1 Å². The molecule has 0 saturated carbocycles. The summed E-state index contributed by atoms with van der Waals surface area (Å²) in [5.74, 6) is 3.19. The largest absolute Gasteiger partial charge is 0.493 e. The van der Waals surface area contributed by atoms with Gasteiger partial charge in [-0.05, 0) is 39.0 Å². The Morgan fingerprint density at radius 3 is 2.56 bits per heavy atom. The maximum Gasteiger partial charge on any atom is 0.191 e. The number of aliphatic hydroxyl groups is 1. The Morgan fingerprint density at radius 1 is 1.19 bits per heavy atom. The third-order valence-electron chi connectivity index (χ3n) is 4.11. The van der Waals surface area contributed by atoms with E-state index in [1.165, 1.54) is 0 Å². The molecule has 1 atom stereocenters. The normalized spacial score (nSPS) is 13.8. The quantitative estimate of drug-likeness (QED) is 0.485. The first kappa shape index (κ1) is 20.6. The maximum absolute atomic E-state index is 10.7. The number of para-hydroxylation sites is 1. The molecule has 7 nitrogen and oxygen atoms in total. The molecular formula is C20H29N3O4. The Balaban J connectivity index is 2.11. The summed E-state index contributed by atoms with van der Waals surface area (Å²) in [7, 11) is 3.21. The zero-order valence-corrected chi connectivity index (χ0v) is 16.6. The van der Waals surface area contributed by atoms with E-state index < -0.39 is 5.60 Å². The minimum atomic E-state index is -1.15. The monoisotopic (exact) mass is 375 g/mol. The Hall–Kier alpha value is -2.67. The number of aliphatic imine (C=N–C) groups is 1. The SMILES string of the molecule is CCNC(=NCc1cccc(OC)c1OC)NCC(C)(O)c1ccc(C)o1. The van der Waals surface area contributed by atoms with Gasteiger partial charge < -0.3 is 29.6 Å². The van der Waals surface area contributed by atoms with Crippen molar-refractivity contribution in [3.63, 3.8) is 0 Å². The Kier molecular flexibility index (Phi) is 7.12. The molecule has 3 N–H and O–H groups in total. The lowest BCUT2D eigenvalue weighted by Gasteiger charge is -2.23. The molecule has 0 bridgehead atoms. The van der Waals surface area contributed by atoms with Gasteiger partial charge in [-0.2, -0.15) is 0 Å². The van der Waals surface area contributed by atoms with Gasteiger partial charge in [-0.25, -0.2) is 4.99 Å². The first-order valence-electron chi connectivity index (χ1n) is 8.92. The van der Waals surface area contributed by atoms with Crippen LogP contribution >= 0.6 is 0 Å². The molecule has 0 radical (unpaired) electrons. The molecule has 1 aromatic carbocycles. The highest BCUT2D eigenvalue weighted by Gasteiger charge is 2.27. The first-order chi connectivity index (χ1) is 12.9. The van der Waals surface area contributed by atoms with Crippen LogP contribution in [0.25, 0.3) is 0 Å². The van der Waals surface area contributed by atoms with E-state index in [1.54, 1.807) is 27.2 Å². The van der Waals surface area contributed by atoms with Gasteiger partial charge >= 0.3 is 0 Å². The number of nitrogens with one attached hydrogen (secondary N) is 2. The summed E-state index contributed by atoms with van der Waals surface area (Å²) in [5, 5.41) is 17.0. The highest BCUT2D eigenvalue weighted by Crippen LogP contribution is 2.31. The predicted octanol–water partition coefficient (Wildman–Crippen LogP) is 2.57. The van der Waals surface area contributed by atoms with Gasteiger partial charge in [0.2, 0.25) is 0 Å². The fourth-order valence-electron chi connectivity index (χ4n) is 2.65. The van der Waals surface area contributed by atoms with Crippen molar-refractivity contribution in [1.82, 2.24) is 10.6 Å². The number of guanidine groups is 1. The number of furan rings is 1. The van der Waals surface area contributed by atoms with Crippen LogP contribution in [0.15, 0.2) is 39.7 Å². The molecule has 148 valence electrons. The van der Waals surface area contributed by atoms with Crippen LogP contribution in [-0.4, -0.2) is 38.4 Å². The van der Waals surface area contributed by atoms with E-state index in [-0.39, 0.29) is 6.54 Å². The van der Waals surface area contributed by atoms with Gasteiger partial charge in [-0.3, -0.25) is 0 Å². The lowest BCUT2D eigenvalue weighted by atomic mass is 10.0. The molecule has 0 aliphatic heterocycles. The molecule has 7 heteroatoms. The highest BCUT2D eigenvalue weighted by atomic mass is 16.5. The number of benzene rings is 1. The Bertz CT molecular complexity index is 768. The van der Waals surface area contributed by atoms with Crippen LogP contribution in [0.2, 0.25) is 0 Å². The van der Waals surface area contributed by atoms with E-state index in [9.17, 15) is 5.11 Å². The van der Waals surface area contributed by atoms with Crippen molar-refractivity contribution >= 4 is 5.96 Å². The van der Waals surface area contributed by atoms with Gasteiger partial charge in [0.05, 0.1) is 27.3 Å². The second-order valence-corrected chi connectivity index (χ2v) is 6.39. The average molecular weight is 375 g/mol. The van der Waals surface area contributed by atoms with Gasteiger partial charge in [0.25, 0.3) is 0 Å². The third-order valence-corrected chi connectivity index (χ3v) is 4.11. The van der Waals surface area contributed by atoms with Gasteiger partial charge in [0.15, 0.2) is 17.5 Å². The number of rotatable bonds is 8. The minimum absolute atomic E-state index is 0.251. The molecule has 27 heavy (non-hydrogen) atoms. The zero-order chi connectivity index (χ0) is 19.9. The van der Waals surface area contributed by atoms with Crippen molar-refractivity contribution in [3.8, 4) is 11.5 Å². The maximum atomic E-state index is 10.7. The zero-order valence-electron chi connectivity index (χ0n) is 16.6. The number of hydrogen-bond acceptors (Lipinski definition) is 5. The summed E-state index contributed by atoms with van der Waals surface area (Å²) in [6.45, 7) is 6.88. The van der Waals surface area contributed by atoms with E-state index in [4.69, 9.17) is 13.9 Å². The molecule has 1 aromatic heterocycles. The molecule has 0 aliphatic carbocycles. The summed E-state index contributed by atoms with van der Waals surface area (Å²) < 4.78 is 16.3. The van der Waals surface area contributed by atoms with Crippen LogP contribution in [0.3, 0.4) is 0 Å². The third kappa shape index (κ3) is 5.40. The van der Waals surface area contributed by atoms with E-state index >= 15 is 0 Å². The molecule has 2 aromatic rings. The van der Waals surface area contributed by atoms with Crippen molar-refractivity contribution in [1.29, 1.82) is 0 Å². The number of hydrogen-bond donors (Lipinski definition) is 3. The molecule has 0 spiro atoms. The Morgan fingerprint density at radius 2 is 1.96 bits per heavy atom. The number of methoxy groups -OCH3 is 2. The average Bonchev–Trinajstić information content (AvgIpc) is 3.11. The first-order valence-corrected chi connectivity index (χ1v) is 8.92. The lowest BCUT2D eigenvalue weighted by Crippen LogP contribution is -2.44. The number of ether oxygens (including phenoxy) is 2. The van der Waals surface area contributed by atoms with Gasteiger partial charge in [0, 0.05) is 12.1 Å². The van der Waals surface area contributed by atoms with Crippen molar-refractivity contribution in [2.24, 2.45) is 4.99 Å². The molecule has 0 saturated heterocycles. The van der Waals surface area contributed by atoms with Gasteiger partial charge in [-0.1, -0.05) is 12.1 Å². The lowest BCUT2D eigenvalue weighted by molar-refractivity contribution is 0.0378. The second-order valence-electron chi connectivity index (χ2n) is 6.39. The fourth-order valence-corrected chi connectivity index (χ4v) is 2.65. The van der Waals surface area contributed by atoms with Crippen molar-refractivity contribution < 1.29 is 19.0 Å². The standard InChI is InChI=1S/C20H29N3O4/c1-6-21-19(23-13-20(3,24)17-11-10-14(2)27-17)22-12-15-8-7-9-16(25-4)18(15)26-5/h7-11,24H,6,12-13H2,1-5H3,(H2,21,22,23). The van der Waals surface area contributed by atoms with E-state index in [2.05, 4.69) is 15.6 Å². The van der Waals surface area contributed by atoms with Crippen LogP contribution in [0.4, 0.5) is 0 Å². The molecule has 0 aliphatic rings. The summed E-state index contributed by atoms with van der Waals surface area (Å²) in [6, 6.07) is 9.30. The second kappa shape index (κ2) is 9.32. The van der Waals surface area contributed by atoms with Crippen molar-refractivity contribution in [2.45, 2.75) is 32.9 Å². The van der Waals surface area contributed by atoms with Crippen LogP contribution in [0.5, 0.6) is 11.5 Å². The van der Waals surface area contributed by atoms with E-state index in [0.29, 0.717) is 36.3 Å². The molecule has 0 amide bonds. The number of nitrogens with zero attached hydrogens (tertiary/aromatic N) is 1. The number of aryl methyl sites for hydroxylation is 1. The van der Waals surface area contributed by atoms with E-state index in [0.717, 1.165) is 11.3 Å². The molecule has 1 unspecified atom stereocenters. The predicted molar refractivity (Wildman–Crippen MR) is 105 cm³/mol. The van der Waals surface area contributed by atoms with Gasteiger partial charge in [0.1, 0.15) is 17.1 Å². The van der Waals surface area contributed by atoms with Gasteiger partial charge in [-0.15, -0.1) is 0 Å². The summed E-state index contributed by atoms with van der Waals surface area (Å²) in [6.07, 6.45) is 0. The summed E-state index contributed by atoms with van der Waals surface area (Å²) >= 11 is 0. The minimum Gasteiger partial charge on any atom is -0.493 e. The van der Waals surface area contributed by atoms with Crippen LogP contribution in [0.1, 0.15) is 30.9 Å². The fraction of sp³-hybridized carbons (Fsp3) is 0.450. The van der Waals surface area contributed by atoms with Crippen LogP contribution in [0, 0.1) is 6.92 Å². The summed E-state index contributed by atoms with van der Waals surface area (Å²) in [5.41, 5.74) is -0.250. The van der Waals surface area contributed by atoms with Crippen molar-refractivity contribution in [2.75, 3.05) is 27.3 Å².